The number of carbonyl (C=O) groups is 1. The van der Waals surface area contributed by atoms with Gasteiger partial charge in [-0.25, -0.2) is 9.97 Å². The van der Waals surface area contributed by atoms with Gasteiger partial charge in [0, 0.05) is 60.2 Å². The summed E-state index contributed by atoms with van der Waals surface area (Å²) in [5.74, 6) is 3.27. The Labute approximate surface area is 256 Å². The minimum absolute atomic E-state index is 0.00622. The van der Waals surface area contributed by atoms with Crippen LogP contribution in [-0.4, -0.2) is 60.6 Å². The van der Waals surface area contributed by atoms with Crippen LogP contribution in [0.3, 0.4) is 0 Å². The zero-order valence-electron chi connectivity index (χ0n) is 25.7. The molecular formula is C34H38N8O2. The topological polar surface area (TPSA) is 116 Å². The highest BCUT2D eigenvalue weighted by Crippen LogP contribution is 2.40. The van der Waals surface area contributed by atoms with Gasteiger partial charge in [0.25, 0.3) is 5.91 Å². The summed E-state index contributed by atoms with van der Waals surface area (Å²) < 4.78 is 10.2. The summed E-state index contributed by atoms with van der Waals surface area (Å²) in [6.07, 6.45) is 4.52. The Kier molecular flexibility index (Phi) is 6.20. The van der Waals surface area contributed by atoms with Crippen LogP contribution in [0.1, 0.15) is 47.4 Å². The normalized spacial score (nSPS) is 21.1. The standard InChI is InChI=1S/C34H38N8O2/c1-18-11-24(12-19(2)36-18)37-29-10-8-21-14-27(41(32(21)39-29)16-20-5-6-20)33-38-25-13-23(15-28(44-4)31(25)40(33)3)34(43)42-17-22-7-9-26(42)30(22)35/h8,10-15,20,22,26,30H,5-7,9,16-17,35H2,1-4H3,(H,36,37,39)/t22-,26-,30-/m1/s1. The number of rotatable bonds is 7. The number of amides is 1. The van der Waals surface area contributed by atoms with Gasteiger partial charge in [0.05, 0.1) is 18.3 Å². The van der Waals surface area contributed by atoms with Crippen molar-refractivity contribution in [3.63, 3.8) is 0 Å². The first-order valence-electron chi connectivity index (χ1n) is 15.6. The number of benzene rings is 1. The second-order valence-corrected chi connectivity index (χ2v) is 12.9. The number of carbonyl (C=O) groups excluding carboxylic acids is 1. The van der Waals surface area contributed by atoms with E-state index in [1.165, 1.54) is 12.8 Å². The van der Waals surface area contributed by atoms with Crippen LogP contribution in [0.2, 0.25) is 0 Å². The van der Waals surface area contributed by atoms with Gasteiger partial charge in [-0.05, 0) is 93.8 Å². The van der Waals surface area contributed by atoms with Gasteiger partial charge < -0.3 is 29.8 Å². The van der Waals surface area contributed by atoms with Gasteiger partial charge in [0.1, 0.15) is 22.7 Å². The van der Waals surface area contributed by atoms with E-state index >= 15 is 0 Å². The number of nitrogens with two attached hydrogens (primary N) is 1. The molecule has 0 spiro atoms. The minimum atomic E-state index is 0.00622. The smallest absolute Gasteiger partial charge is 0.254 e. The molecule has 3 atom stereocenters. The number of likely N-dealkylation sites (tertiary alicyclic amines) is 1. The molecule has 2 bridgehead atoms. The van der Waals surface area contributed by atoms with Crippen molar-refractivity contribution in [3.8, 4) is 17.3 Å². The third kappa shape index (κ3) is 4.42. The molecular weight excluding hydrogens is 552 g/mol. The van der Waals surface area contributed by atoms with E-state index in [2.05, 4.69) is 31.6 Å². The fourth-order valence-electron chi connectivity index (χ4n) is 7.45. The number of aryl methyl sites for hydroxylation is 3. The van der Waals surface area contributed by atoms with Crippen molar-refractivity contribution in [3.05, 3.63) is 59.4 Å². The number of ether oxygens (including phenoxy) is 1. The van der Waals surface area contributed by atoms with Gasteiger partial charge >= 0.3 is 0 Å². The molecule has 8 rings (SSSR count). The Morgan fingerprint density at radius 2 is 1.82 bits per heavy atom. The van der Waals surface area contributed by atoms with Crippen molar-refractivity contribution in [1.29, 1.82) is 0 Å². The monoisotopic (exact) mass is 590 g/mol. The van der Waals surface area contributed by atoms with E-state index < -0.39 is 0 Å². The van der Waals surface area contributed by atoms with Gasteiger partial charge in [-0.1, -0.05) is 0 Å². The number of imidazole rings is 1. The molecule has 2 aliphatic carbocycles. The van der Waals surface area contributed by atoms with Crippen LogP contribution in [0, 0.1) is 25.7 Å². The molecule has 1 saturated heterocycles. The fraction of sp³-hybridized carbons (Fsp3) is 0.412. The van der Waals surface area contributed by atoms with Crippen LogP contribution in [0.4, 0.5) is 11.5 Å². The van der Waals surface area contributed by atoms with Crippen LogP contribution in [0.25, 0.3) is 33.6 Å². The molecule has 5 heterocycles. The first-order valence-corrected chi connectivity index (χ1v) is 15.6. The van der Waals surface area contributed by atoms with E-state index in [9.17, 15) is 4.79 Å². The molecule has 3 aliphatic rings. The van der Waals surface area contributed by atoms with Crippen molar-refractivity contribution < 1.29 is 9.53 Å². The van der Waals surface area contributed by atoms with Gasteiger partial charge in [-0.3, -0.25) is 9.78 Å². The number of aromatic nitrogens is 5. The third-order valence-electron chi connectivity index (χ3n) is 9.78. The second kappa shape index (κ2) is 10.1. The number of anilines is 2. The molecule has 226 valence electrons. The minimum Gasteiger partial charge on any atom is -0.494 e. The van der Waals surface area contributed by atoms with E-state index in [1.807, 2.05) is 56.1 Å². The van der Waals surface area contributed by atoms with Crippen molar-refractivity contribution >= 4 is 39.5 Å². The quantitative estimate of drug-likeness (QED) is 0.263. The SMILES string of the molecule is COc1cc(C(=O)N2C[C@H]3CC[C@@H]2[C@@H]3N)cc2nc(-c3cc4ccc(Nc5cc(C)nc(C)c5)nc4n3CC3CC3)n(C)c12. The molecule has 3 N–H and O–H groups in total. The maximum atomic E-state index is 13.7. The average Bonchev–Trinajstić information content (AvgIpc) is 3.41. The number of fused-ring (bicyclic) bond motifs is 4. The van der Waals surface area contributed by atoms with Crippen LogP contribution in [-0.2, 0) is 13.6 Å². The first-order chi connectivity index (χ1) is 21.3. The number of hydrogen-bond acceptors (Lipinski definition) is 7. The van der Waals surface area contributed by atoms with Gasteiger partial charge in [-0.15, -0.1) is 0 Å². The number of nitrogens with zero attached hydrogens (tertiary/aromatic N) is 6. The summed E-state index contributed by atoms with van der Waals surface area (Å²) in [7, 11) is 3.67. The van der Waals surface area contributed by atoms with Crippen LogP contribution >= 0.6 is 0 Å². The van der Waals surface area contributed by atoms with Crippen LogP contribution in [0.5, 0.6) is 5.75 Å². The van der Waals surface area contributed by atoms with Gasteiger partial charge in [0.15, 0.2) is 5.82 Å². The van der Waals surface area contributed by atoms with Crippen molar-refractivity contribution in [2.45, 2.75) is 58.2 Å². The van der Waals surface area contributed by atoms with E-state index in [-0.39, 0.29) is 18.0 Å². The van der Waals surface area contributed by atoms with Crippen molar-refractivity contribution in [2.75, 3.05) is 19.0 Å². The molecule has 10 heteroatoms. The molecule has 10 nitrogen and oxygen atoms in total. The Bertz CT molecular complexity index is 1930. The average molecular weight is 591 g/mol. The van der Waals surface area contributed by atoms with Gasteiger partial charge in [-0.2, -0.15) is 0 Å². The highest BCUT2D eigenvalue weighted by molar-refractivity contribution is 6.00. The third-order valence-corrected chi connectivity index (χ3v) is 9.78. The molecule has 0 unspecified atom stereocenters. The Hall–Kier alpha value is -4.44. The summed E-state index contributed by atoms with van der Waals surface area (Å²) in [5, 5.41) is 4.54. The fourth-order valence-corrected chi connectivity index (χ4v) is 7.45. The zero-order chi connectivity index (χ0) is 30.3. The summed E-state index contributed by atoms with van der Waals surface area (Å²) in [5.41, 5.74) is 13.4. The molecule has 4 aromatic heterocycles. The maximum Gasteiger partial charge on any atom is 0.254 e. The summed E-state index contributed by atoms with van der Waals surface area (Å²) in [6.45, 7) is 5.60. The lowest BCUT2D eigenvalue weighted by Crippen LogP contribution is -2.41. The Morgan fingerprint density at radius 3 is 2.50 bits per heavy atom. The lowest BCUT2D eigenvalue weighted by molar-refractivity contribution is 0.0700. The number of hydrogen-bond donors (Lipinski definition) is 2. The van der Waals surface area contributed by atoms with E-state index in [1.54, 1.807) is 7.11 Å². The van der Waals surface area contributed by atoms with E-state index in [0.717, 1.165) is 82.4 Å². The van der Waals surface area contributed by atoms with Crippen LogP contribution < -0.4 is 15.8 Å². The summed E-state index contributed by atoms with van der Waals surface area (Å²) in [6, 6.07) is 14.3. The number of nitrogens with one attached hydrogen (secondary N) is 1. The molecule has 2 saturated carbocycles. The summed E-state index contributed by atoms with van der Waals surface area (Å²) >= 11 is 0. The van der Waals surface area contributed by atoms with E-state index in [0.29, 0.717) is 23.1 Å². The second-order valence-electron chi connectivity index (χ2n) is 12.9. The van der Waals surface area contributed by atoms with Crippen LogP contribution in [0.15, 0.2) is 42.5 Å². The lowest BCUT2D eigenvalue weighted by atomic mass is 10.1. The number of pyridine rings is 2. The lowest BCUT2D eigenvalue weighted by Gasteiger charge is -2.27. The van der Waals surface area contributed by atoms with Crippen molar-refractivity contribution in [2.24, 2.45) is 24.6 Å². The molecule has 44 heavy (non-hydrogen) atoms. The Balaban J connectivity index is 1.21. The van der Waals surface area contributed by atoms with Gasteiger partial charge in [0.2, 0.25) is 0 Å². The van der Waals surface area contributed by atoms with E-state index in [4.69, 9.17) is 20.4 Å². The van der Waals surface area contributed by atoms with Crippen molar-refractivity contribution in [1.82, 2.24) is 29.0 Å². The predicted octanol–water partition coefficient (Wildman–Crippen LogP) is 5.33. The number of methoxy groups -OCH3 is 1. The predicted molar refractivity (Wildman–Crippen MR) is 171 cm³/mol. The highest BCUT2D eigenvalue weighted by Gasteiger charge is 2.47. The molecule has 5 aromatic rings. The maximum absolute atomic E-state index is 13.7. The highest BCUT2D eigenvalue weighted by atomic mass is 16.5. The number of piperidine rings is 1. The molecule has 1 amide bonds. The summed E-state index contributed by atoms with van der Waals surface area (Å²) in [4.78, 5) is 30.4. The largest absolute Gasteiger partial charge is 0.494 e. The molecule has 1 aromatic carbocycles. The zero-order valence-corrected chi connectivity index (χ0v) is 25.7. The molecule has 3 fully saturated rings. The Morgan fingerprint density at radius 1 is 1.02 bits per heavy atom. The first kappa shape index (κ1) is 27.1. The molecule has 0 radical (unpaired) electrons. The molecule has 1 aliphatic heterocycles.